The number of benzene rings is 2. The highest BCUT2D eigenvalue weighted by Gasteiger charge is 2.07. The highest BCUT2D eigenvalue weighted by molar-refractivity contribution is 14.0. The highest BCUT2D eigenvalue weighted by atomic mass is 127. The first-order chi connectivity index (χ1) is 13.0. The number of nitrogens with zero attached hydrogens (tertiary/aromatic N) is 1. The summed E-state index contributed by atoms with van der Waals surface area (Å²) in [5.41, 5.74) is 2.33. The maximum Gasteiger partial charge on any atom is 0.226 e. The molecule has 2 aromatic carbocycles. The number of rotatable bonds is 7. The number of aliphatic imine (C=N–C) groups is 1. The predicted molar refractivity (Wildman–Crippen MR) is 124 cm³/mol. The molecule has 0 bridgehead atoms. The molecule has 0 unspecified atom stereocenters. The van der Waals surface area contributed by atoms with Crippen LogP contribution in [0.4, 0.5) is 10.1 Å². The van der Waals surface area contributed by atoms with E-state index in [4.69, 9.17) is 11.6 Å². The van der Waals surface area contributed by atoms with Gasteiger partial charge in [0.15, 0.2) is 5.96 Å². The number of nitrogens with one attached hydrogen (secondary N) is 3. The van der Waals surface area contributed by atoms with Gasteiger partial charge in [0.1, 0.15) is 5.82 Å². The van der Waals surface area contributed by atoms with E-state index in [1.807, 2.05) is 26.0 Å². The Labute approximate surface area is 187 Å². The van der Waals surface area contributed by atoms with Crippen LogP contribution in [-0.2, 0) is 11.3 Å². The Balaban J connectivity index is 0.00000392. The first kappa shape index (κ1) is 24.2. The Morgan fingerprint density at radius 2 is 1.93 bits per heavy atom. The number of anilines is 1. The fraction of sp³-hybridized carbons (Fsp3) is 0.300. The fourth-order valence-corrected chi connectivity index (χ4v) is 2.57. The van der Waals surface area contributed by atoms with Crippen molar-refractivity contribution in [1.82, 2.24) is 10.6 Å². The van der Waals surface area contributed by atoms with Gasteiger partial charge >= 0.3 is 0 Å². The zero-order chi connectivity index (χ0) is 19.6. The Bertz CT molecular complexity index is 817. The normalized spacial score (nSPS) is 10.8. The minimum absolute atomic E-state index is 0. The molecule has 152 valence electrons. The molecular formula is C20H25ClFIN4O. The summed E-state index contributed by atoms with van der Waals surface area (Å²) < 4.78 is 13.2. The second kappa shape index (κ2) is 12.6. The summed E-state index contributed by atoms with van der Waals surface area (Å²) >= 11 is 6.06. The van der Waals surface area contributed by atoms with E-state index in [1.165, 1.54) is 12.1 Å². The zero-order valence-electron chi connectivity index (χ0n) is 15.9. The van der Waals surface area contributed by atoms with Gasteiger partial charge in [-0.15, -0.1) is 24.0 Å². The summed E-state index contributed by atoms with van der Waals surface area (Å²) in [6, 6.07) is 11.7. The van der Waals surface area contributed by atoms with Gasteiger partial charge < -0.3 is 16.0 Å². The largest absolute Gasteiger partial charge is 0.357 e. The lowest BCUT2D eigenvalue weighted by Gasteiger charge is -2.12. The van der Waals surface area contributed by atoms with Crippen molar-refractivity contribution in [2.75, 3.05) is 18.4 Å². The predicted octanol–water partition coefficient (Wildman–Crippen LogP) is 4.49. The number of guanidine groups is 1. The van der Waals surface area contributed by atoms with Crippen molar-refractivity contribution in [3.05, 3.63) is 64.4 Å². The van der Waals surface area contributed by atoms with Gasteiger partial charge in [-0.1, -0.05) is 29.8 Å². The molecule has 3 N–H and O–H groups in total. The molecule has 8 heteroatoms. The summed E-state index contributed by atoms with van der Waals surface area (Å²) in [5, 5.41) is 9.68. The first-order valence-corrected chi connectivity index (χ1v) is 9.19. The van der Waals surface area contributed by atoms with Gasteiger partial charge in [0, 0.05) is 30.2 Å². The van der Waals surface area contributed by atoms with Crippen LogP contribution in [0.15, 0.2) is 47.5 Å². The van der Waals surface area contributed by atoms with Gasteiger partial charge in [-0.2, -0.15) is 0 Å². The summed E-state index contributed by atoms with van der Waals surface area (Å²) in [5.74, 6) is 0.177. The van der Waals surface area contributed by atoms with Gasteiger partial charge in [0.05, 0.1) is 6.54 Å². The average molecular weight is 519 g/mol. The standard InChI is InChI=1S/C20H24ClFN4O.HI/c1-3-23-20(25-13-15-6-4-7-16(22)12-15)24-11-10-19(27)26-18-9-5-8-17(21)14(18)2;/h4-9,12H,3,10-11,13H2,1-2H3,(H,26,27)(H2,23,24,25);1H. The minimum atomic E-state index is -0.284. The number of hydrogen-bond donors (Lipinski definition) is 3. The molecule has 0 atom stereocenters. The molecule has 0 spiro atoms. The van der Waals surface area contributed by atoms with E-state index in [0.29, 0.717) is 36.3 Å². The summed E-state index contributed by atoms with van der Waals surface area (Å²) in [6.45, 7) is 5.26. The van der Waals surface area contributed by atoms with Crippen molar-refractivity contribution in [3.8, 4) is 0 Å². The monoisotopic (exact) mass is 518 g/mol. The van der Waals surface area contributed by atoms with Crippen LogP contribution in [0.5, 0.6) is 0 Å². The molecule has 0 radical (unpaired) electrons. The van der Waals surface area contributed by atoms with Crippen molar-refractivity contribution in [2.45, 2.75) is 26.8 Å². The number of hydrogen-bond acceptors (Lipinski definition) is 2. The van der Waals surface area contributed by atoms with Crippen LogP contribution in [0.2, 0.25) is 5.02 Å². The molecule has 0 aromatic heterocycles. The van der Waals surface area contributed by atoms with Crippen LogP contribution >= 0.6 is 35.6 Å². The lowest BCUT2D eigenvalue weighted by Crippen LogP contribution is -2.38. The summed E-state index contributed by atoms with van der Waals surface area (Å²) in [7, 11) is 0. The smallest absolute Gasteiger partial charge is 0.226 e. The van der Waals surface area contributed by atoms with Crippen LogP contribution in [0.3, 0.4) is 0 Å². The van der Waals surface area contributed by atoms with E-state index >= 15 is 0 Å². The third-order valence-electron chi connectivity index (χ3n) is 3.84. The van der Waals surface area contributed by atoms with Gasteiger partial charge in [-0.3, -0.25) is 4.79 Å². The lowest BCUT2D eigenvalue weighted by atomic mass is 10.2. The number of carbonyl (C=O) groups is 1. The highest BCUT2D eigenvalue weighted by Crippen LogP contribution is 2.22. The van der Waals surface area contributed by atoms with Gasteiger partial charge in [-0.05, 0) is 49.2 Å². The van der Waals surface area contributed by atoms with Crippen LogP contribution < -0.4 is 16.0 Å². The van der Waals surface area contributed by atoms with Crippen molar-refractivity contribution < 1.29 is 9.18 Å². The first-order valence-electron chi connectivity index (χ1n) is 8.81. The van der Waals surface area contributed by atoms with Gasteiger partial charge in [0.2, 0.25) is 5.91 Å². The Morgan fingerprint density at radius 3 is 2.64 bits per heavy atom. The Kier molecular flexibility index (Phi) is 10.8. The molecular weight excluding hydrogens is 494 g/mol. The molecule has 0 aliphatic heterocycles. The van der Waals surface area contributed by atoms with Crippen molar-refractivity contribution in [2.24, 2.45) is 4.99 Å². The molecule has 5 nitrogen and oxygen atoms in total. The van der Waals surface area contributed by atoms with E-state index in [2.05, 4.69) is 20.9 Å². The van der Waals surface area contributed by atoms with E-state index in [0.717, 1.165) is 11.1 Å². The van der Waals surface area contributed by atoms with Gasteiger partial charge in [0.25, 0.3) is 0 Å². The molecule has 0 heterocycles. The molecule has 0 fully saturated rings. The fourth-order valence-electron chi connectivity index (χ4n) is 2.40. The maximum atomic E-state index is 13.2. The third kappa shape index (κ3) is 8.02. The van der Waals surface area contributed by atoms with E-state index in [9.17, 15) is 9.18 Å². The van der Waals surface area contributed by atoms with Crippen molar-refractivity contribution in [1.29, 1.82) is 0 Å². The maximum absolute atomic E-state index is 13.2. The van der Waals surface area contributed by atoms with E-state index < -0.39 is 0 Å². The zero-order valence-corrected chi connectivity index (χ0v) is 19.0. The second-order valence-corrected chi connectivity index (χ2v) is 6.37. The summed E-state index contributed by atoms with van der Waals surface area (Å²) in [6.07, 6.45) is 0.274. The van der Waals surface area contributed by atoms with E-state index in [-0.39, 0.29) is 42.1 Å². The summed E-state index contributed by atoms with van der Waals surface area (Å²) in [4.78, 5) is 16.5. The van der Waals surface area contributed by atoms with Gasteiger partial charge in [-0.25, -0.2) is 9.38 Å². The Hall–Kier alpha value is -1.87. The number of carbonyl (C=O) groups excluding carboxylic acids is 1. The molecule has 0 saturated carbocycles. The second-order valence-electron chi connectivity index (χ2n) is 5.96. The average Bonchev–Trinajstić information content (AvgIpc) is 2.63. The molecule has 0 aliphatic carbocycles. The van der Waals surface area contributed by atoms with Crippen LogP contribution in [0.1, 0.15) is 24.5 Å². The van der Waals surface area contributed by atoms with E-state index in [1.54, 1.807) is 18.2 Å². The third-order valence-corrected chi connectivity index (χ3v) is 4.25. The topological polar surface area (TPSA) is 65.5 Å². The van der Waals surface area contributed by atoms with Crippen LogP contribution in [-0.4, -0.2) is 25.0 Å². The van der Waals surface area contributed by atoms with Crippen LogP contribution in [0.25, 0.3) is 0 Å². The van der Waals surface area contributed by atoms with Crippen molar-refractivity contribution in [3.63, 3.8) is 0 Å². The number of halogens is 3. The van der Waals surface area contributed by atoms with Crippen molar-refractivity contribution >= 4 is 53.1 Å². The molecule has 1 amide bonds. The minimum Gasteiger partial charge on any atom is -0.357 e. The lowest BCUT2D eigenvalue weighted by molar-refractivity contribution is -0.116. The molecule has 28 heavy (non-hydrogen) atoms. The molecule has 2 aromatic rings. The quantitative estimate of drug-likeness (QED) is 0.288. The molecule has 0 saturated heterocycles. The molecule has 0 aliphatic rings. The SMILES string of the molecule is CCNC(=NCc1cccc(F)c1)NCCC(=O)Nc1cccc(Cl)c1C.I. The number of amides is 1. The van der Waals surface area contributed by atoms with Crippen LogP contribution in [0, 0.1) is 12.7 Å². The Morgan fingerprint density at radius 1 is 1.18 bits per heavy atom. The molecule has 2 rings (SSSR count).